The highest BCUT2D eigenvalue weighted by Gasteiger charge is 2.17. The number of benzene rings is 1. The van der Waals surface area contributed by atoms with Gasteiger partial charge in [0.2, 0.25) is 5.88 Å². The summed E-state index contributed by atoms with van der Waals surface area (Å²) in [5, 5.41) is 3.68. The van der Waals surface area contributed by atoms with Gasteiger partial charge in [-0.05, 0) is 31.0 Å². The maximum absolute atomic E-state index is 12.2. The Kier molecular flexibility index (Phi) is 1.89. The number of rotatable bonds is 0. The summed E-state index contributed by atoms with van der Waals surface area (Å²) >= 11 is 0. The second-order valence-corrected chi connectivity index (χ2v) is 4.02. The van der Waals surface area contributed by atoms with Crippen molar-refractivity contribution in [3.63, 3.8) is 0 Å². The van der Waals surface area contributed by atoms with Crippen LogP contribution in [0.4, 0.5) is 11.6 Å². The van der Waals surface area contributed by atoms with Crippen LogP contribution in [0.1, 0.15) is 12.0 Å². The van der Waals surface area contributed by atoms with Crippen LogP contribution in [0.15, 0.2) is 27.4 Å². The van der Waals surface area contributed by atoms with E-state index in [2.05, 4.69) is 5.32 Å². The quantitative estimate of drug-likeness (QED) is 0.658. The van der Waals surface area contributed by atoms with Crippen molar-refractivity contribution in [3.8, 4) is 0 Å². The molecular weight excluding hydrogens is 204 g/mol. The molecule has 16 heavy (non-hydrogen) atoms. The molecule has 3 rings (SSSR count). The lowest BCUT2D eigenvalue weighted by Crippen LogP contribution is -2.20. The summed E-state index contributed by atoms with van der Waals surface area (Å²) in [6.07, 6.45) is 1.74. The van der Waals surface area contributed by atoms with Crippen molar-refractivity contribution in [1.29, 1.82) is 0 Å². The van der Waals surface area contributed by atoms with Crippen LogP contribution in [0.5, 0.6) is 0 Å². The molecule has 1 aromatic carbocycles. The molecule has 4 nitrogen and oxygen atoms in total. The molecule has 0 saturated heterocycles. The summed E-state index contributed by atoms with van der Waals surface area (Å²) in [7, 11) is 0. The predicted octanol–water partition coefficient (Wildman–Crippen LogP) is 1.73. The fraction of sp³-hybridized carbons (Fsp3) is 0.250. The molecule has 0 aliphatic carbocycles. The third-order valence-electron chi connectivity index (χ3n) is 2.90. The van der Waals surface area contributed by atoms with Crippen molar-refractivity contribution in [2.45, 2.75) is 12.8 Å². The number of hydrogen-bond donors (Lipinski definition) is 2. The third kappa shape index (κ3) is 1.26. The Hall–Kier alpha value is -1.97. The number of hydrogen-bond acceptors (Lipinski definition) is 4. The van der Waals surface area contributed by atoms with Crippen molar-refractivity contribution in [2.24, 2.45) is 0 Å². The molecule has 1 aliphatic heterocycles. The van der Waals surface area contributed by atoms with E-state index >= 15 is 0 Å². The molecule has 1 aliphatic rings. The van der Waals surface area contributed by atoms with Gasteiger partial charge in [-0.1, -0.05) is 0 Å². The van der Waals surface area contributed by atoms with Gasteiger partial charge in [-0.25, -0.2) is 0 Å². The van der Waals surface area contributed by atoms with E-state index in [1.165, 1.54) is 0 Å². The molecule has 0 radical (unpaired) electrons. The number of nitrogens with one attached hydrogen (secondary N) is 1. The molecule has 2 aromatic rings. The van der Waals surface area contributed by atoms with Crippen molar-refractivity contribution >= 4 is 22.5 Å². The Morgan fingerprint density at radius 1 is 1.38 bits per heavy atom. The maximum atomic E-state index is 12.2. The molecule has 0 unspecified atom stereocenters. The smallest absolute Gasteiger partial charge is 0.200 e. The summed E-state index contributed by atoms with van der Waals surface area (Å²) in [4.78, 5) is 12.2. The van der Waals surface area contributed by atoms with E-state index in [0.717, 1.165) is 24.9 Å². The first-order valence-corrected chi connectivity index (χ1v) is 5.35. The Bertz CT molecular complexity index is 616. The molecule has 0 fully saturated rings. The lowest BCUT2D eigenvalue weighted by atomic mass is 10.1. The van der Waals surface area contributed by atoms with Gasteiger partial charge in [-0.2, -0.15) is 0 Å². The van der Waals surface area contributed by atoms with Gasteiger partial charge in [0.1, 0.15) is 5.58 Å². The number of anilines is 2. The van der Waals surface area contributed by atoms with Crippen LogP contribution in [-0.2, 0) is 6.42 Å². The van der Waals surface area contributed by atoms with Gasteiger partial charge in [0.15, 0.2) is 5.43 Å². The van der Waals surface area contributed by atoms with Crippen molar-refractivity contribution in [1.82, 2.24) is 0 Å². The van der Waals surface area contributed by atoms with Crippen LogP contribution in [0.3, 0.4) is 0 Å². The monoisotopic (exact) mass is 216 g/mol. The average Bonchev–Trinajstić information content (AvgIpc) is 2.31. The molecule has 3 N–H and O–H groups in total. The highest BCUT2D eigenvalue weighted by Crippen LogP contribution is 2.24. The van der Waals surface area contributed by atoms with Crippen LogP contribution in [0.25, 0.3) is 11.0 Å². The molecule has 0 bridgehead atoms. The summed E-state index contributed by atoms with van der Waals surface area (Å²) in [6.45, 7) is 0.858. The summed E-state index contributed by atoms with van der Waals surface area (Å²) < 4.78 is 5.65. The minimum Gasteiger partial charge on any atom is -0.440 e. The lowest BCUT2D eigenvalue weighted by molar-refractivity contribution is 0.588. The topological polar surface area (TPSA) is 68.3 Å². The minimum absolute atomic E-state index is 0.0377. The van der Waals surface area contributed by atoms with Gasteiger partial charge in [0.05, 0.1) is 10.9 Å². The predicted molar refractivity (Wildman–Crippen MR) is 63.7 cm³/mol. The van der Waals surface area contributed by atoms with Crippen molar-refractivity contribution in [2.75, 3.05) is 17.6 Å². The zero-order valence-corrected chi connectivity index (χ0v) is 8.75. The molecule has 0 amide bonds. The Labute approximate surface area is 92.1 Å². The van der Waals surface area contributed by atoms with Gasteiger partial charge >= 0.3 is 0 Å². The SMILES string of the molecule is Nc1ccc2oc3c(c(=O)c2c1)CCCN3. The lowest BCUT2D eigenvalue weighted by Gasteiger charge is -2.16. The number of fused-ring (bicyclic) bond motifs is 2. The molecule has 0 atom stereocenters. The van der Waals surface area contributed by atoms with E-state index in [1.807, 2.05) is 0 Å². The summed E-state index contributed by atoms with van der Waals surface area (Å²) in [5.41, 5.74) is 7.63. The van der Waals surface area contributed by atoms with E-state index in [4.69, 9.17) is 10.2 Å². The van der Waals surface area contributed by atoms with Crippen LogP contribution in [0, 0.1) is 0 Å². The van der Waals surface area contributed by atoms with E-state index in [-0.39, 0.29) is 5.43 Å². The van der Waals surface area contributed by atoms with Gasteiger partial charge in [-0.3, -0.25) is 4.79 Å². The maximum Gasteiger partial charge on any atom is 0.200 e. The van der Waals surface area contributed by atoms with Crippen molar-refractivity contribution in [3.05, 3.63) is 34.0 Å². The minimum atomic E-state index is 0.0377. The standard InChI is InChI=1S/C12H12N2O2/c13-7-3-4-10-9(6-7)11(15)8-2-1-5-14-12(8)16-10/h3-4,6,14H,1-2,5,13H2. The molecule has 1 aromatic heterocycles. The van der Waals surface area contributed by atoms with E-state index < -0.39 is 0 Å². The van der Waals surface area contributed by atoms with Gasteiger partial charge < -0.3 is 15.5 Å². The molecule has 82 valence electrons. The highest BCUT2D eigenvalue weighted by molar-refractivity contribution is 5.82. The first-order valence-electron chi connectivity index (χ1n) is 5.35. The zero-order chi connectivity index (χ0) is 11.1. The molecular formula is C12H12N2O2. The van der Waals surface area contributed by atoms with Crippen LogP contribution >= 0.6 is 0 Å². The van der Waals surface area contributed by atoms with Gasteiger partial charge in [0.25, 0.3) is 0 Å². The molecule has 0 saturated carbocycles. The molecule has 0 spiro atoms. The second kappa shape index (κ2) is 3.27. The Morgan fingerprint density at radius 2 is 2.25 bits per heavy atom. The summed E-state index contributed by atoms with van der Waals surface area (Å²) in [5.74, 6) is 0.619. The van der Waals surface area contributed by atoms with Crippen LogP contribution < -0.4 is 16.5 Å². The first-order chi connectivity index (χ1) is 7.75. The molecule has 2 heterocycles. The number of nitrogen functional groups attached to an aromatic ring is 1. The van der Waals surface area contributed by atoms with E-state index in [9.17, 15) is 4.79 Å². The Balaban J connectivity index is 2.40. The van der Waals surface area contributed by atoms with Crippen LogP contribution in [0.2, 0.25) is 0 Å². The van der Waals surface area contributed by atoms with E-state index in [0.29, 0.717) is 22.5 Å². The molecule has 4 heteroatoms. The average molecular weight is 216 g/mol. The Morgan fingerprint density at radius 3 is 3.12 bits per heavy atom. The fourth-order valence-electron chi connectivity index (χ4n) is 2.09. The highest BCUT2D eigenvalue weighted by atomic mass is 16.3. The first kappa shape index (κ1) is 9.27. The van der Waals surface area contributed by atoms with Crippen LogP contribution in [-0.4, -0.2) is 6.54 Å². The third-order valence-corrected chi connectivity index (χ3v) is 2.90. The number of nitrogens with two attached hydrogens (primary N) is 1. The zero-order valence-electron chi connectivity index (χ0n) is 8.75. The largest absolute Gasteiger partial charge is 0.440 e. The van der Waals surface area contributed by atoms with Gasteiger partial charge in [0, 0.05) is 12.2 Å². The summed E-state index contributed by atoms with van der Waals surface area (Å²) in [6, 6.07) is 5.15. The normalized spacial score (nSPS) is 14.5. The second-order valence-electron chi connectivity index (χ2n) is 4.02. The fourth-order valence-corrected chi connectivity index (χ4v) is 2.09. The van der Waals surface area contributed by atoms with Gasteiger partial charge in [-0.15, -0.1) is 0 Å². The van der Waals surface area contributed by atoms with E-state index in [1.54, 1.807) is 18.2 Å². The van der Waals surface area contributed by atoms with Crippen molar-refractivity contribution < 1.29 is 4.42 Å².